The fourth-order valence-corrected chi connectivity index (χ4v) is 3.44. The lowest BCUT2D eigenvalue weighted by Crippen LogP contribution is -2.15. The van der Waals surface area contributed by atoms with Gasteiger partial charge in [-0.2, -0.15) is 18.4 Å². The van der Waals surface area contributed by atoms with Crippen molar-refractivity contribution >= 4 is 39.7 Å². The minimum atomic E-state index is -2.90. The first-order valence-corrected chi connectivity index (χ1v) is 8.50. The van der Waals surface area contributed by atoms with Crippen molar-refractivity contribution in [3.05, 3.63) is 40.8 Å². The average Bonchev–Trinajstić information content (AvgIpc) is 2.99. The van der Waals surface area contributed by atoms with Crippen LogP contribution in [0, 0.1) is 0 Å². The summed E-state index contributed by atoms with van der Waals surface area (Å²) in [4.78, 5) is 23.8. The third kappa shape index (κ3) is 4.48. The van der Waals surface area contributed by atoms with Crippen molar-refractivity contribution in [1.29, 1.82) is 0 Å². The number of fused-ring (bicyclic) bond motifs is 1. The normalized spacial score (nSPS) is 11.0. The van der Waals surface area contributed by atoms with Crippen LogP contribution in [0.15, 0.2) is 39.6 Å². The van der Waals surface area contributed by atoms with Crippen LogP contribution in [0.1, 0.15) is 0 Å². The molecular formula is C13H9F2N5O3S2. The minimum absolute atomic E-state index is 0.00315. The van der Waals surface area contributed by atoms with Crippen molar-refractivity contribution < 1.29 is 18.3 Å². The molecule has 0 aliphatic heterocycles. The third-order valence-electron chi connectivity index (χ3n) is 2.75. The Morgan fingerprint density at radius 1 is 1.36 bits per heavy atom. The summed E-state index contributed by atoms with van der Waals surface area (Å²) in [5.41, 5.74) is 0.0438. The number of amides is 1. The van der Waals surface area contributed by atoms with Crippen LogP contribution < -0.4 is 15.6 Å². The molecule has 8 nitrogen and oxygen atoms in total. The molecule has 0 atom stereocenters. The molecule has 2 heterocycles. The molecule has 3 rings (SSSR count). The van der Waals surface area contributed by atoms with Gasteiger partial charge < -0.3 is 10.1 Å². The molecule has 0 unspecified atom stereocenters. The number of ether oxygens (including phenoxy) is 1. The number of halogens is 2. The number of benzene rings is 1. The quantitative estimate of drug-likeness (QED) is 0.647. The standard InChI is InChI=1S/C13H9F2N5O3S2/c14-11(15)23-8-3-1-7(2-4-8)17-9(21)6-24-13-19-20-10(22)5-16-18-12(20)25-13/h1-5,11H,6H2,(H,17,21). The van der Waals surface area contributed by atoms with Crippen molar-refractivity contribution in [1.82, 2.24) is 19.8 Å². The summed E-state index contributed by atoms with van der Waals surface area (Å²) in [5.74, 6) is -0.259. The maximum atomic E-state index is 12.1. The maximum absolute atomic E-state index is 12.1. The van der Waals surface area contributed by atoms with Crippen molar-refractivity contribution in [2.24, 2.45) is 0 Å². The van der Waals surface area contributed by atoms with E-state index in [-0.39, 0.29) is 17.4 Å². The second-order valence-corrected chi connectivity index (χ2v) is 6.66. The molecule has 0 saturated carbocycles. The number of carbonyl (C=O) groups is 1. The summed E-state index contributed by atoms with van der Waals surface area (Å²) in [6, 6.07) is 5.56. The zero-order valence-corrected chi connectivity index (χ0v) is 13.9. The molecule has 1 amide bonds. The largest absolute Gasteiger partial charge is 0.435 e. The Labute approximate surface area is 146 Å². The molecule has 0 saturated heterocycles. The zero-order chi connectivity index (χ0) is 17.8. The first kappa shape index (κ1) is 17.2. The van der Waals surface area contributed by atoms with Crippen LogP contribution in [0.4, 0.5) is 14.5 Å². The first-order chi connectivity index (χ1) is 12.0. The number of nitrogens with one attached hydrogen (secondary N) is 1. The number of anilines is 1. The van der Waals surface area contributed by atoms with E-state index < -0.39 is 12.2 Å². The fourth-order valence-electron chi connectivity index (χ4n) is 1.76. The summed E-state index contributed by atoms with van der Waals surface area (Å²) in [6.45, 7) is -2.90. The number of nitrogens with zero attached hydrogens (tertiary/aromatic N) is 4. The summed E-state index contributed by atoms with van der Waals surface area (Å²) >= 11 is 2.28. The fraction of sp³-hybridized carbons (Fsp3) is 0.154. The third-order valence-corrected chi connectivity index (χ3v) is 4.78. The van der Waals surface area contributed by atoms with Crippen molar-refractivity contribution in [3.63, 3.8) is 0 Å². The van der Waals surface area contributed by atoms with Gasteiger partial charge in [0, 0.05) is 5.69 Å². The van der Waals surface area contributed by atoms with Gasteiger partial charge >= 0.3 is 6.61 Å². The van der Waals surface area contributed by atoms with Crippen LogP contribution in [0.25, 0.3) is 4.96 Å². The number of hydrogen-bond donors (Lipinski definition) is 1. The number of carbonyl (C=O) groups excluding carboxylic acids is 1. The van der Waals surface area contributed by atoms with Gasteiger partial charge in [-0.25, -0.2) is 0 Å². The second-order valence-electron chi connectivity index (χ2n) is 4.48. The highest BCUT2D eigenvalue weighted by molar-refractivity contribution is 8.01. The monoisotopic (exact) mass is 385 g/mol. The lowest BCUT2D eigenvalue weighted by atomic mass is 10.3. The summed E-state index contributed by atoms with van der Waals surface area (Å²) in [6.07, 6.45) is 1.05. The van der Waals surface area contributed by atoms with E-state index in [4.69, 9.17) is 0 Å². The highest BCUT2D eigenvalue weighted by atomic mass is 32.2. The molecule has 2 aromatic heterocycles. The molecule has 0 bridgehead atoms. The molecule has 130 valence electrons. The van der Waals surface area contributed by atoms with Crippen LogP contribution in [0.3, 0.4) is 0 Å². The van der Waals surface area contributed by atoms with Crippen LogP contribution in [-0.4, -0.2) is 38.1 Å². The summed E-state index contributed by atoms with van der Waals surface area (Å²) in [7, 11) is 0. The first-order valence-electron chi connectivity index (χ1n) is 6.70. The number of thioether (sulfide) groups is 1. The highest BCUT2D eigenvalue weighted by Crippen LogP contribution is 2.23. The lowest BCUT2D eigenvalue weighted by molar-refractivity contribution is -0.113. The SMILES string of the molecule is O=C(CSc1nn2c(=O)cnnc2s1)Nc1ccc(OC(F)F)cc1. The Balaban J connectivity index is 1.57. The van der Waals surface area contributed by atoms with Crippen molar-refractivity contribution in [3.8, 4) is 5.75 Å². The van der Waals surface area contributed by atoms with Crippen LogP contribution >= 0.6 is 23.1 Å². The smallest absolute Gasteiger partial charge is 0.387 e. The molecule has 0 fully saturated rings. The Bertz CT molecular complexity index is 945. The van der Waals surface area contributed by atoms with E-state index in [1.165, 1.54) is 24.3 Å². The van der Waals surface area contributed by atoms with E-state index in [9.17, 15) is 18.4 Å². The maximum Gasteiger partial charge on any atom is 0.387 e. The van der Waals surface area contributed by atoms with Gasteiger partial charge in [0.05, 0.1) is 5.75 Å². The number of hydrogen-bond acceptors (Lipinski definition) is 8. The molecule has 0 spiro atoms. The Hall–Kier alpha value is -2.60. The van der Waals surface area contributed by atoms with Crippen LogP contribution in [0.5, 0.6) is 5.75 Å². The van der Waals surface area contributed by atoms with E-state index in [1.807, 2.05) is 0 Å². The van der Waals surface area contributed by atoms with Crippen LogP contribution in [-0.2, 0) is 4.79 Å². The molecular weight excluding hydrogens is 376 g/mol. The van der Waals surface area contributed by atoms with E-state index >= 15 is 0 Å². The molecule has 3 aromatic rings. The molecule has 12 heteroatoms. The molecule has 0 aliphatic rings. The Kier molecular flexibility index (Phi) is 5.19. The van der Waals surface area contributed by atoms with E-state index in [0.717, 1.165) is 33.8 Å². The topological polar surface area (TPSA) is 98.5 Å². The minimum Gasteiger partial charge on any atom is -0.435 e. The Morgan fingerprint density at radius 3 is 2.80 bits per heavy atom. The summed E-state index contributed by atoms with van der Waals surface area (Å²) < 4.78 is 30.0. The number of rotatable bonds is 6. The van der Waals surface area contributed by atoms with Gasteiger partial charge in [0.25, 0.3) is 5.56 Å². The van der Waals surface area contributed by atoms with E-state index in [0.29, 0.717) is 15.0 Å². The van der Waals surface area contributed by atoms with Gasteiger partial charge in [0.2, 0.25) is 10.9 Å². The van der Waals surface area contributed by atoms with Crippen molar-refractivity contribution in [2.75, 3.05) is 11.1 Å². The van der Waals surface area contributed by atoms with Gasteiger partial charge in [-0.05, 0) is 24.3 Å². The predicted molar refractivity (Wildman–Crippen MR) is 87.4 cm³/mol. The average molecular weight is 385 g/mol. The summed E-state index contributed by atoms with van der Waals surface area (Å²) in [5, 5.41) is 14.0. The number of aromatic nitrogens is 4. The molecule has 1 N–H and O–H groups in total. The van der Waals surface area contributed by atoms with Gasteiger partial charge in [0.1, 0.15) is 11.9 Å². The number of alkyl halides is 2. The lowest BCUT2D eigenvalue weighted by Gasteiger charge is -2.07. The molecule has 0 radical (unpaired) electrons. The van der Waals surface area contributed by atoms with E-state index in [2.05, 4.69) is 25.3 Å². The van der Waals surface area contributed by atoms with Gasteiger partial charge in [-0.1, -0.05) is 23.1 Å². The van der Waals surface area contributed by atoms with E-state index in [1.54, 1.807) is 0 Å². The highest BCUT2D eigenvalue weighted by Gasteiger charge is 2.10. The zero-order valence-electron chi connectivity index (χ0n) is 12.3. The van der Waals surface area contributed by atoms with Crippen molar-refractivity contribution in [2.45, 2.75) is 11.0 Å². The molecule has 0 aliphatic carbocycles. The molecule has 1 aromatic carbocycles. The second kappa shape index (κ2) is 7.53. The van der Waals surface area contributed by atoms with Gasteiger partial charge in [0.15, 0.2) is 4.34 Å². The van der Waals surface area contributed by atoms with Gasteiger partial charge in [-0.15, -0.1) is 10.2 Å². The van der Waals surface area contributed by atoms with Crippen LogP contribution in [0.2, 0.25) is 0 Å². The predicted octanol–water partition coefficient (Wildman–Crippen LogP) is 1.88. The van der Waals surface area contributed by atoms with Gasteiger partial charge in [-0.3, -0.25) is 9.59 Å². The molecule has 25 heavy (non-hydrogen) atoms. The Morgan fingerprint density at radius 2 is 2.12 bits per heavy atom.